The first-order valence-electron chi connectivity index (χ1n) is 8.64. The van der Waals surface area contributed by atoms with Crippen molar-refractivity contribution in [1.29, 1.82) is 0 Å². The number of rotatable bonds is 3. The molecule has 0 aliphatic heterocycles. The first-order chi connectivity index (χ1) is 11.8. The third-order valence-electron chi connectivity index (χ3n) is 4.84. The summed E-state index contributed by atoms with van der Waals surface area (Å²) in [5.41, 5.74) is 1.96. The number of hydrogen-bond donors (Lipinski definition) is 1. The summed E-state index contributed by atoms with van der Waals surface area (Å²) in [5, 5.41) is 4.18. The van der Waals surface area contributed by atoms with Gasteiger partial charge in [0.25, 0.3) is 0 Å². The van der Waals surface area contributed by atoms with E-state index in [1.165, 1.54) is 19.3 Å². The summed E-state index contributed by atoms with van der Waals surface area (Å²) in [6.45, 7) is 0. The Morgan fingerprint density at radius 1 is 1.04 bits per heavy atom. The Balaban J connectivity index is 1.89. The number of hydrogen-bond acceptors (Lipinski definition) is 3. The van der Waals surface area contributed by atoms with Crippen LogP contribution in [0.3, 0.4) is 0 Å². The first kappa shape index (κ1) is 14.9. The fraction of sp³-hybridized carbons (Fsp3) is 0.300. The van der Waals surface area contributed by atoms with E-state index >= 15 is 0 Å². The molecule has 0 radical (unpaired) electrons. The van der Waals surface area contributed by atoms with Gasteiger partial charge in [-0.15, -0.1) is 0 Å². The maximum Gasteiger partial charge on any atom is 0.191 e. The number of anilines is 2. The van der Waals surface area contributed by atoms with Crippen LogP contribution < -0.4 is 10.7 Å². The van der Waals surface area contributed by atoms with E-state index in [-0.39, 0.29) is 5.43 Å². The third kappa shape index (κ3) is 2.80. The number of pyridine rings is 2. The molecule has 1 aromatic carbocycles. The second-order valence-corrected chi connectivity index (χ2v) is 6.44. The van der Waals surface area contributed by atoms with Gasteiger partial charge in [-0.25, -0.2) is 0 Å². The summed E-state index contributed by atoms with van der Waals surface area (Å²) in [7, 11) is 0. The minimum absolute atomic E-state index is 0.0397. The van der Waals surface area contributed by atoms with Crippen LogP contribution in [0.1, 0.15) is 38.1 Å². The van der Waals surface area contributed by atoms with Crippen molar-refractivity contribution in [3.63, 3.8) is 0 Å². The van der Waals surface area contributed by atoms with Gasteiger partial charge < -0.3 is 9.88 Å². The first-order valence-corrected chi connectivity index (χ1v) is 8.64. The van der Waals surface area contributed by atoms with Crippen LogP contribution >= 0.6 is 0 Å². The van der Waals surface area contributed by atoms with Crippen LogP contribution in [0, 0.1) is 0 Å². The second-order valence-electron chi connectivity index (χ2n) is 6.44. The van der Waals surface area contributed by atoms with Crippen molar-refractivity contribution in [2.75, 3.05) is 5.32 Å². The lowest BCUT2D eigenvalue weighted by Crippen LogP contribution is -2.20. The van der Waals surface area contributed by atoms with Gasteiger partial charge in [0.2, 0.25) is 0 Å². The quantitative estimate of drug-likeness (QED) is 0.764. The van der Waals surface area contributed by atoms with Gasteiger partial charge >= 0.3 is 0 Å². The molecule has 122 valence electrons. The van der Waals surface area contributed by atoms with Crippen molar-refractivity contribution in [1.82, 2.24) is 9.55 Å². The molecule has 24 heavy (non-hydrogen) atoms. The topological polar surface area (TPSA) is 46.9 Å². The van der Waals surface area contributed by atoms with Crippen LogP contribution in [-0.4, -0.2) is 9.55 Å². The van der Waals surface area contributed by atoms with Crippen molar-refractivity contribution in [2.24, 2.45) is 0 Å². The summed E-state index contributed by atoms with van der Waals surface area (Å²) in [6.07, 6.45) is 9.59. The predicted octanol–water partition coefficient (Wildman–Crippen LogP) is 4.65. The second kappa shape index (κ2) is 6.48. The van der Waals surface area contributed by atoms with Crippen LogP contribution in [0.4, 0.5) is 11.5 Å². The fourth-order valence-electron chi connectivity index (χ4n) is 3.69. The van der Waals surface area contributed by atoms with Crippen molar-refractivity contribution in [3.05, 3.63) is 65.1 Å². The van der Waals surface area contributed by atoms with Gasteiger partial charge in [-0.1, -0.05) is 37.5 Å². The molecule has 2 aromatic heterocycles. The molecule has 1 aliphatic carbocycles. The van der Waals surface area contributed by atoms with Gasteiger partial charge in [0.15, 0.2) is 5.43 Å². The Bertz CT molecular complexity index is 896. The van der Waals surface area contributed by atoms with Gasteiger partial charge in [-0.3, -0.25) is 9.78 Å². The zero-order chi connectivity index (χ0) is 16.4. The SMILES string of the molecule is O=c1cc(Nc2ccccc2)n(C2CCCCC2)c2cnccc12. The Kier molecular flexibility index (Phi) is 4.03. The minimum atomic E-state index is 0.0397. The third-order valence-corrected chi connectivity index (χ3v) is 4.84. The molecule has 3 aromatic rings. The van der Waals surface area contributed by atoms with Crippen LogP contribution in [0.2, 0.25) is 0 Å². The van der Waals surface area contributed by atoms with Crippen LogP contribution in [0.25, 0.3) is 10.9 Å². The fourth-order valence-corrected chi connectivity index (χ4v) is 3.69. The molecule has 1 aliphatic rings. The molecule has 0 bridgehead atoms. The minimum Gasteiger partial charge on any atom is -0.342 e. The standard InChI is InChI=1S/C20H21N3O/c24-19-13-20(22-15-7-3-1-4-8-15)23(16-9-5-2-6-10-16)18-14-21-12-11-17(18)19/h1,3-4,7-8,11-14,16,22H,2,5-6,9-10H2. The predicted molar refractivity (Wildman–Crippen MR) is 97.8 cm³/mol. The van der Waals surface area contributed by atoms with E-state index in [9.17, 15) is 4.79 Å². The molecule has 1 N–H and O–H groups in total. The summed E-state index contributed by atoms with van der Waals surface area (Å²) in [6, 6.07) is 14.0. The highest BCUT2D eigenvalue weighted by Gasteiger charge is 2.20. The largest absolute Gasteiger partial charge is 0.342 e. The van der Waals surface area contributed by atoms with Crippen molar-refractivity contribution in [2.45, 2.75) is 38.1 Å². The van der Waals surface area contributed by atoms with E-state index in [4.69, 9.17) is 0 Å². The van der Waals surface area contributed by atoms with Gasteiger partial charge in [0.05, 0.1) is 11.7 Å². The lowest BCUT2D eigenvalue weighted by molar-refractivity contribution is 0.362. The van der Waals surface area contributed by atoms with Gasteiger partial charge in [0, 0.05) is 29.4 Å². The van der Waals surface area contributed by atoms with E-state index in [2.05, 4.69) is 14.9 Å². The average Bonchev–Trinajstić information content (AvgIpc) is 2.64. The number of aromatic nitrogens is 2. The highest BCUT2D eigenvalue weighted by Crippen LogP contribution is 2.33. The molecular weight excluding hydrogens is 298 g/mol. The van der Waals surface area contributed by atoms with Crippen molar-refractivity contribution < 1.29 is 0 Å². The number of nitrogens with zero attached hydrogens (tertiary/aromatic N) is 2. The zero-order valence-corrected chi connectivity index (χ0v) is 13.6. The maximum absolute atomic E-state index is 12.5. The molecule has 1 saturated carbocycles. The van der Waals surface area contributed by atoms with Crippen LogP contribution in [-0.2, 0) is 0 Å². The van der Waals surface area contributed by atoms with Crippen LogP contribution in [0.5, 0.6) is 0 Å². The molecule has 4 heteroatoms. The molecule has 0 atom stereocenters. The van der Waals surface area contributed by atoms with E-state index < -0.39 is 0 Å². The molecule has 1 fully saturated rings. The molecular formula is C20H21N3O. The summed E-state index contributed by atoms with van der Waals surface area (Å²) in [4.78, 5) is 16.8. The monoisotopic (exact) mass is 319 g/mol. The smallest absolute Gasteiger partial charge is 0.191 e. The normalized spacial score (nSPS) is 15.5. The average molecular weight is 319 g/mol. The van der Waals surface area contributed by atoms with E-state index in [0.717, 1.165) is 35.2 Å². The Labute approximate surface area is 141 Å². The van der Waals surface area contributed by atoms with Gasteiger partial charge in [-0.05, 0) is 31.0 Å². The Morgan fingerprint density at radius 3 is 2.62 bits per heavy atom. The highest BCUT2D eigenvalue weighted by atomic mass is 16.1. The Hall–Kier alpha value is -2.62. The summed E-state index contributed by atoms with van der Waals surface area (Å²) in [5.74, 6) is 0.860. The molecule has 4 nitrogen and oxygen atoms in total. The number of nitrogens with one attached hydrogen (secondary N) is 1. The molecule has 0 unspecified atom stereocenters. The number of fused-ring (bicyclic) bond motifs is 1. The lowest BCUT2D eigenvalue weighted by atomic mass is 9.94. The van der Waals surface area contributed by atoms with E-state index in [1.54, 1.807) is 12.3 Å². The summed E-state index contributed by atoms with van der Waals surface area (Å²) >= 11 is 0. The van der Waals surface area contributed by atoms with E-state index in [0.29, 0.717) is 6.04 Å². The van der Waals surface area contributed by atoms with E-state index in [1.807, 2.05) is 42.6 Å². The van der Waals surface area contributed by atoms with Crippen molar-refractivity contribution >= 4 is 22.4 Å². The maximum atomic E-state index is 12.5. The van der Waals surface area contributed by atoms with Crippen LogP contribution in [0.15, 0.2) is 59.7 Å². The number of benzene rings is 1. The molecule has 0 amide bonds. The lowest BCUT2D eigenvalue weighted by Gasteiger charge is -2.29. The van der Waals surface area contributed by atoms with Crippen molar-refractivity contribution in [3.8, 4) is 0 Å². The highest BCUT2D eigenvalue weighted by molar-refractivity contribution is 5.81. The Morgan fingerprint density at radius 2 is 1.83 bits per heavy atom. The molecule has 4 rings (SSSR count). The molecule has 0 spiro atoms. The number of para-hydroxylation sites is 1. The summed E-state index contributed by atoms with van der Waals surface area (Å²) < 4.78 is 2.29. The molecule has 2 heterocycles. The zero-order valence-electron chi connectivity index (χ0n) is 13.6. The molecule has 0 saturated heterocycles. The van der Waals surface area contributed by atoms with Gasteiger partial charge in [-0.2, -0.15) is 0 Å². The van der Waals surface area contributed by atoms with Gasteiger partial charge in [0.1, 0.15) is 5.82 Å².